The van der Waals surface area contributed by atoms with Crippen LogP contribution >= 0.6 is 0 Å². The molecule has 66 valence electrons. The highest BCUT2D eigenvalue weighted by Crippen LogP contribution is 2.40. The standard InChI is InChI=1S/C9H14N2O/c1-6-2-7(3-6)9-4-8(5-12)10-11-9/h4,6-7,12H,2-3,5H2,1H3,(H,10,11). The van der Waals surface area contributed by atoms with Crippen molar-refractivity contribution in [3.8, 4) is 0 Å². The van der Waals surface area contributed by atoms with Gasteiger partial charge in [0.05, 0.1) is 18.0 Å². The average molecular weight is 166 g/mol. The van der Waals surface area contributed by atoms with Crippen LogP contribution in [0.5, 0.6) is 0 Å². The molecule has 1 aromatic rings. The van der Waals surface area contributed by atoms with Gasteiger partial charge in [0, 0.05) is 5.92 Å². The van der Waals surface area contributed by atoms with E-state index < -0.39 is 0 Å². The molecule has 1 aliphatic carbocycles. The number of aliphatic hydroxyl groups excluding tert-OH is 1. The highest BCUT2D eigenvalue weighted by Gasteiger charge is 2.28. The van der Waals surface area contributed by atoms with Gasteiger partial charge in [0.2, 0.25) is 0 Å². The van der Waals surface area contributed by atoms with Crippen molar-refractivity contribution in [2.75, 3.05) is 0 Å². The van der Waals surface area contributed by atoms with Crippen molar-refractivity contribution < 1.29 is 5.11 Å². The first-order valence-electron chi connectivity index (χ1n) is 4.44. The number of aromatic amines is 1. The maximum Gasteiger partial charge on any atom is 0.0847 e. The first-order valence-corrected chi connectivity index (χ1v) is 4.44. The molecule has 1 heterocycles. The number of aromatic nitrogens is 2. The topological polar surface area (TPSA) is 48.9 Å². The van der Waals surface area contributed by atoms with E-state index in [0.29, 0.717) is 5.92 Å². The second kappa shape index (κ2) is 2.90. The summed E-state index contributed by atoms with van der Waals surface area (Å²) < 4.78 is 0. The molecule has 1 saturated carbocycles. The van der Waals surface area contributed by atoms with Gasteiger partial charge in [-0.2, -0.15) is 5.10 Å². The number of hydrogen-bond donors (Lipinski definition) is 2. The van der Waals surface area contributed by atoms with Crippen molar-refractivity contribution in [2.45, 2.75) is 32.3 Å². The van der Waals surface area contributed by atoms with Gasteiger partial charge in [-0.3, -0.25) is 5.10 Å². The van der Waals surface area contributed by atoms with Crippen LogP contribution in [0.2, 0.25) is 0 Å². The molecule has 0 bridgehead atoms. The molecule has 0 amide bonds. The molecule has 0 unspecified atom stereocenters. The highest BCUT2D eigenvalue weighted by atomic mass is 16.3. The summed E-state index contributed by atoms with van der Waals surface area (Å²) in [6, 6.07) is 1.97. The summed E-state index contributed by atoms with van der Waals surface area (Å²) in [5, 5.41) is 15.8. The maximum absolute atomic E-state index is 8.80. The lowest BCUT2D eigenvalue weighted by Crippen LogP contribution is -2.19. The molecule has 1 aromatic heterocycles. The number of hydrogen-bond acceptors (Lipinski definition) is 2. The monoisotopic (exact) mass is 166 g/mol. The largest absolute Gasteiger partial charge is 0.390 e. The van der Waals surface area contributed by atoms with Crippen molar-refractivity contribution >= 4 is 0 Å². The van der Waals surface area contributed by atoms with Crippen molar-refractivity contribution in [1.82, 2.24) is 10.2 Å². The molecule has 0 radical (unpaired) electrons. The lowest BCUT2D eigenvalue weighted by molar-refractivity contribution is 0.276. The maximum atomic E-state index is 8.80. The number of aliphatic hydroxyl groups is 1. The lowest BCUT2D eigenvalue weighted by Gasteiger charge is -2.30. The third-order valence-electron chi connectivity index (χ3n) is 2.61. The Morgan fingerprint density at radius 2 is 2.42 bits per heavy atom. The fourth-order valence-electron chi connectivity index (χ4n) is 1.81. The summed E-state index contributed by atoms with van der Waals surface area (Å²) in [5.74, 6) is 1.49. The molecule has 1 aliphatic rings. The second-order valence-corrected chi connectivity index (χ2v) is 3.75. The minimum atomic E-state index is 0.0648. The lowest BCUT2D eigenvalue weighted by atomic mass is 9.74. The van der Waals surface area contributed by atoms with Gasteiger partial charge < -0.3 is 5.11 Å². The molecular weight excluding hydrogens is 152 g/mol. The third-order valence-corrected chi connectivity index (χ3v) is 2.61. The number of rotatable bonds is 2. The fourth-order valence-corrected chi connectivity index (χ4v) is 1.81. The van der Waals surface area contributed by atoms with Crippen LogP contribution in [0.25, 0.3) is 0 Å². The van der Waals surface area contributed by atoms with E-state index in [1.807, 2.05) is 6.07 Å². The Balaban J connectivity index is 2.04. The molecule has 12 heavy (non-hydrogen) atoms. The van der Waals surface area contributed by atoms with E-state index in [9.17, 15) is 0 Å². The van der Waals surface area contributed by atoms with Crippen LogP contribution in [-0.2, 0) is 6.61 Å². The van der Waals surface area contributed by atoms with Gasteiger partial charge in [0.15, 0.2) is 0 Å². The van der Waals surface area contributed by atoms with Crippen molar-refractivity contribution in [2.24, 2.45) is 5.92 Å². The van der Waals surface area contributed by atoms with Gasteiger partial charge in [0.25, 0.3) is 0 Å². The van der Waals surface area contributed by atoms with Crippen LogP contribution in [0.15, 0.2) is 6.07 Å². The zero-order valence-electron chi connectivity index (χ0n) is 7.25. The average Bonchev–Trinajstić information content (AvgIpc) is 2.46. The highest BCUT2D eigenvalue weighted by molar-refractivity contribution is 5.15. The van der Waals surface area contributed by atoms with Crippen LogP contribution in [0.1, 0.15) is 37.1 Å². The van der Waals surface area contributed by atoms with E-state index >= 15 is 0 Å². The smallest absolute Gasteiger partial charge is 0.0847 e. The summed E-state index contributed by atoms with van der Waals surface area (Å²) in [4.78, 5) is 0. The normalized spacial score (nSPS) is 28.5. The Bertz CT molecular complexity index is 263. The third kappa shape index (κ3) is 1.25. The van der Waals surface area contributed by atoms with Crippen LogP contribution < -0.4 is 0 Å². The zero-order valence-corrected chi connectivity index (χ0v) is 7.25. The predicted octanol–water partition coefficient (Wildman–Crippen LogP) is 1.42. The van der Waals surface area contributed by atoms with Gasteiger partial charge in [-0.15, -0.1) is 0 Å². The summed E-state index contributed by atoms with van der Waals surface area (Å²) in [6.07, 6.45) is 2.49. The molecular formula is C9H14N2O. The Hall–Kier alpha value is -0.830. The Morgan fingerprint density at radius 1 is 1.67 bits per heavy atom. The molecule has 2 rings (SSSR count). The van der Waals surface area contributed by atoms with E-state index in [2.05, 4.69) is 17.1 Å². The SMILES string of the molecule is CC1CC(c2cc(CO)[nH]n2)C1. The number of nitrogens with zero attached hydrogens (tertiary/aromatic N) is 1. The molecule has 0 saturated heterocycles. The van der Waals surface area contributed by atoms with Crippen molar-refractivity contribution in [1.29, 1.82) is 0 Å². The van der Waals surface area contributed by atoms with Gasteiger partial charge in [-0.05, 0) is 24.8 Å². The molecule has 0 aromatic carbocycles. The second-order valence-electron chi connectivity index (χ2n) is 3.75. The summed E-state index contributed by atoms with van der Waals surface area (Å²) in [7, 11) is 0. The summed E-state index contributed by atoms with van der Waals surface area (Å²) in [5.41, 5.74) is 1.95. The quantitative estimate of drug-likeness (QED) is 0.698. The minimum Gasteiger partial charge on any atom is -0.390 e. The van der Waals surface area contributed by atoms with Crippen LogP contribution in [-0.4, -0.2) is 15.3 Å². The molecule has 0 atom stereocenters. The molecule has 3 heteroatoms. The van der Waals surface area contributed by atoms with Gasteiger partial charge in [-0.1, -0.05) is 6.92 Å². The molecule has 0 spiro atoms. The van der Waals surface area contributed by atoms with E-state index in [4.69, 9.17) is 5.11 Å². The molecule has 3 nitrogen and oxygen atoms in total. The minimum absolute atomic E-state index is 0.0648. The first kappa shape index (κ1) is 7.80. The van der Waals surface area contributed by atoms with Crippen LogP contribution in [0, 0.1) is 5.92 Å². The summed E-state index contributed by atoms with van der Waals surface area (Å²) in [6.45, 7) is 2.32. The van der Waals surface area contributed by atoms with E-state index in [1.54, 1.807) is 0 Å². The van der Waals surface area contributed by atoms with Crippen molar-refractivity contribution in [3.63, 3.8) is 0 Å². The van der Waals surface area contributed by atoms with E-state index in [0.717, 1.165) is 17.3 Å². The van der Waals surface area contributed by atoms with E-state index in [1.165, 1.54) is 12.8 Å². The van der Waals surface area contributed by atoms with Crippen LogP contribution in [0.4, 0.5) is 0 Å². The fraction of sp³-hybridized carbons (Fsp3) is 0.667. The Morgan fingerprint density at radius 3 is 2.92 bits per heavy atom. The zero-order chi connectivity index (χ0) is 8.55. The van der Waals surface area contributed by atoms with E-state index in [-0.39, 0.29) is 6.61 Å². The van der Waals surface area contributed by atoms with Crippen LogP contribution in [0.3, 0.4) is 0 Å². The first-order chi connectivity index (χ1) is 5.79. The summed E-state index contributed by atoms with van der Waals surface area (Å²) >= 11 is 0. The molecule has 1 fully saturated rings. The predicted molar refractivity (Wildman–Crippen MR) is 45.6 cm³/mol. The Labute approximate surface area is 71.8 Å². The molecule has 2 N–H and O–H groups in total. The Kier molecular flexibility index (Phi) is 1.89. The number of nitrogens with one attached hydrogen (secondary N) is 1. The van der Waals surface area contributed by atoms with Gasteiger partial charge in [0.1, 0.15) is 0 Å². The number of H-pyrrole nitrogens is 1. The molecule has 0 aliphatic heterocycles. The van der Waals surface area contributed by atoms with Gasteiger partial charge >= 0.3 is 0 Å². The van der Waals surface area contributed by atoms with Crippen molar-refractivity contribution in [3.05, 3.63) is 17.5 Å². The van der Waals surface area contributed by atoms with Gasteiger partial charge in [-0.25, -0.2) is 0 Å².